The Morgan fingerprint density at radius 2 is 2.08 bits per heavy atom. The fourth-order valence-corrected chi connectivity index (χ4v) is 4.40. The van der Waals surface area contributed by atoms with Gasteiger partial charge in [0.2, 0.25) is 5.91 Å². The summed E-state index contributed by atoms with van der Waals surface area (Å²) in [5, 5.41) is 5.56. The molecule has 0 aliphatic heterocycles. The van der Waals surface area contributed by atoms with E-state index in [0.29, 0.717) is 11.5 Å². The molecule has 0 saturated heterocycles. The van der Waals surface area contributed by atoms with Crippen LogP contribution in [0.3, 0.4) is 0 Å². The van der Waals surface area contributed by atoms with E-state index >= 15 is 0 Å². The lowest BCUT2D eigenvalue weighted by atomic mass is 9.84. The highest BCUT2D eigenvalue weighted by atomic mass is 16.2. The summed E-state index contributed by atoms with van der Waals surface area (Å²) in [6.07, 6.45) is 6.56. The zero-order valence-electron chi connectivity index (χ0n) is 14.2. The Labute approximate surface area is 141 Å². The van der Waals surface area contributed by atoms with Gasteiger partial charge in [-0.1, -0.05) is 6.42 Å². The van der Waals surface area contributed by atoms with E-state index in [2.05, 4.69) is 17.6 Å². The molecule has 2 fully saturated rings. The Hall–Kier alpha value is -2.11. The van der Waals surface area contributed by atoms with Gasteiger partial charge in [-0.3, -0.25) is 14.4 Å². The number of hydrogen-bond donors (Lipinski definition) is 2. The minimum Gasteiger partial charge on any atom is -0.355 e. The molecular formula is C18H25N3O3. The molecule has 6 heteroatoms. The third-order valence-electron chi connectivity index (χ3n) is 5.61. The van der Waals surface area contributed by atoms with E-state index in [1.54, 1.807) is 0 Å². The van der Waals surface area contributed by atoms with Crippen LogP contribution in [0.2, 0.25) is 0 Å². The van der Waals surface area contributed by atoms with Gasteiger partial charge in [0.15, 0.2) is 0 Å². The first-order valence-electron chi connectivity index (χ1n) is 8.70. The number of rotatable bonds is 5. The number of carbonyl (C=O) groups is 2. The number of carbonyl (C=O) groups excluding carboxylic acids is 2. The quantitative estimate of drug-likeness (QED) is 0.849. The molecule has 6 nitrogen and oxygen atoms in total. The van der Waals surface area contributed by atoms with Crippen LogP contribution in [0.15, 0.2) is 23.1 Å². The fourth-order valence-electron chi connectivity index (χ4n) is 4.40. The van der Waals surface area contributed by atoms with E-state index < -0.39 is 0 Å². The van der Waals surface area contributed by atoms with Crippen molar-refractivity contribution in [1.29, 1.82) is 0 Å². The molecule has 2 aliphatic rings. The maximum atomic E-state index is 12.3. The molecule has 1 aromatic heterocycles. The Bertz CT molecular complexity index is 697. The summed E-state index contributed by atoms with van der Waals surface area (Å²) < 4.78 is 1.29. The van der Waals surface area contributed by atoms with Crippen LogP contribution in [0.25, 0.3) is 0 Å². The van der Waals surface area contributed by atoms with Crippen molar-refractivity contribution in [1.82, 2.24) is 15.2 Å². The average Bonchev–Trinajstić information content (AvgIpc) is 3.19. The van der Waals surface area contributed by atoms with E-state index in [4.69, 9.17) is 0 Å². The van der Waals surface area contributed by atoms with Crippen molar-refractivity contribution in [2.45, 2.75) is 45.2 Å². The lowest BCUT2D eigenvalue weighted by molar-refractivity contribution is -0.122. The molecule has 0 spiro atoms. The second-order valence-corrected chi connectivity index (χ2v) is 7.16. The fraction of sp³-hybridized carbons (Fsp3) is 0.611. The first-order chi connectivity index (χ1) is 11.5. The topological polar surface area (TPSA) is 80.2 Å². The Balaban J connectivity index is 1.62. The molecule has 1 aromatic rings. The van der Waals surface area contributed by atoms with Gasteiger partial charge < -0.3 is 15.2 Å². The minimum absolute atomic E-state index is 0.0607. The molecule has 0 unspecified atom stereocenters. The average molecular weight is 331 g/mol. The van der Waals surface area contributed by atoms with Crippen molar-refractivity contribution in [3.8, 4) is 0 Å². The van der Waals surface area contributed by atoms with Gasteiger partial charge in [0.1, 0.15) is 6.54 Å². The molecule has 130 valence electrons. The van der Waals surface area contributed by atoms with E-state index in [0.717, 1.165) is 11.8 Å². The highest BCUT2D eigenvalue weighted by molar-refractivity contribution is 5.93. The van der Waals surface area contributed by atoms with Gasteiger partial charge >= 0.3 is 0 Å². The van der Waals surface area contributed by atoms with Crippen molar-refractivity contribution in [3.63, 3.8) is 0 Å². The number of hydrogen-bond acceptors (Lipinski definition) is 3. The third kappa shape index (κ3) is 3.37. The van der Waals surface area contributed by atoms with E-state index in [-0.39, 0.29) is 30.0 Å². The number of pyridine rings is 1. The third-order valence-corrected chi connectivity index (χ3v) is 5.61. The molecule has 2 bridgehead atoms. The lowest BCUT2D eigenvalue weighted by Gasteiger charge is -2.28. The number of nitrogens with zero attached hydrogens (tertiary/aromatic N) is 1. The molecule has 0 aromatic carbocycles. The molecule has 2 saturated carbocycles. The van der Waals surface area contributed by atoms with Crippen LogP contribution >= 0.6 is 0 Å². The summed E-state index contributed by atoms with van der Waals surface area (Å²) in [6, 6.07) is 2.91. The van der Waals surface area contributed by atoms with Gasteiger partial charge in [0.25, 0.3) is 11.5 Å². The molecule has 2 N–H and O–H groups in total. The molecule has 1 heterocycles. The summed E-state index contributed by atoms with van der Waals surface area (Å²) >= 11 is 0. The van der Waals surface area contributed by atoms with E-state index in [1.165, 1.54) is 55.6 Å². The second-order valence-electron chi connectivity index (χ2n) is 7.16. The second kappa shape index (κ2) is 6.79. The van der Waals surface area contributed by atoms with Crippen LogP contribution in [-0.2, 0) is 11.3 Å². The van der Waals surface area contributed by atoms with Crippen LogP contribution < -0.4 is 16.2 Å². The summed E-state index contributed by atoms with van der Waals surface area (Å²) in [7, 11) is 1.53. The molecule has 4 atom stereocenters. The van der Waals surface area contributed by atoms with E-state index in [1.807, 2.05) is 0 Å². The van der Waals surface area contributed by atoms with Gasteiger partial charge in [-0.05, 0) is 50.0 Å². The Morgan fingerprint density at radius 3 is 2.71 bits per heavy atom. The summed E-state index contributed by atoms with van der Waals surface area (Å²) in [4.78, 5) is 35.9. The maximum absolute atomic E-state index is 12.3. The number of fused-ring (bicyclic) bond motifs is 2. The van der Waals surface area contributed by atoms with Crippen molar-refractivity contribution < 1.29 is 9.59 Å². The Kier molecular flexibility index (Phi) is 4.73. The van der Waals surface area contributed by atoms with E-state index in [9.17, 15) is 14.4 Å². The summed E-state index contributed by atoms with van der Waals surface area (Å²) in [5.41, 5.74) is 0.0800. The molecule has 2 aliphatic carbocycles. The van der Waals surface area contributed by atoms with Gasteiger partial charge in [-0.25, -0.2) is 0 Å². The maximum Gasteiger partial charge on any atom is 0.252 e. The number of nitrogens with one attached hydrogen (secondary N) is 2. The monoisotopic (exact) mass is 331 g/mol. The van der Waals surface area contributed by atoms with Gasteiger partial charge in [0.05, 0.1) is 5.56 Å². The van der Waals surface area contributed by atoms with Crippen molar-refractivity contribution in [3.05, 3.63) is 34.2 Å². The van der Waals surface area contributed by atoms with Crippen LogP contribution in [0, 0.1) is 17.8 Å². The Morgan fingerprint density at radius 1 is 1.29 bits per heavy atom. The largest absolute Gasteiger partial charge is 0.355 e. The first-order valence-corrected chi connectivity index (χ1v) is 8.70. The summed E-state index contributed by atoms with van der Waals surface area (Å²) in [5.74, 6) is 1.68. The zero-order valence-corrected chi connectivity index (χ0v) is 14.2. The molecule has 24 heavy (non-hydrogen) atoms. The van der Waals surface area contributed by atoms with Gasteiger partial charge in [-0.2, -0.15) is 0 Å². The number of aromatic nitrogens is 1. The predicted octanol–water partition coefficient (Wildman–Crippen LogP) is 1.15. The molecule has 3 rings (SSSR count). The highest BCUT2D eigenvalue weighted by Gasteiger charge is 2.42. The lowest BCUT2D eigenvalue weighted by Crippen LogP contribution is -2.42. The van der Waals surface area contributed by atoms with Crippen molar-refractivity contribution in [2.75, 3.05) is 7.05 Å². The molecule has 2 amide bonds. The highest BCUT2D eigenvalue weighted by Crippen LogP contribution is 2.49. The smallest absolute Gasteiger partial charge is 0.252 e. The van der Waals surface area contributed by atoms with Crippen LogP contribution in [-0.4, -0.2) is 29.5 Å². The van der Waals surface area contributed by atoms with Crippen LogP contribution in [0.5, 0.6) is 0 Å². The minimum atomic E-state index is -0.287. The van der Waals surface area contributed by atoms with Crippen LogP contribution in [0.1, 0.15) is 43.0 Å². The zero-order chi connectivity index (χ0) is 17.3. The standard InChI is InChI=1S/C18H25N3O3/c1-11(15-8-12-3-4-13(15)7-12)20-16(22)10-21-9-14(18(24)19-2)5-6-17(21)23/h5-6,9,11-13,15H,3-4,7-8,10H2,1-2H3,(H,19,24)(H,20,22)/t11-,12+,13+,15+/m1/s1. The van der Waals surface area contributed by atoms with Crippen molar-refractivity contribution >= 4 is 11.8 Å². The van der Waals surface area contributed by atoms with Crippen molar-refractivity contribution in [2.24, 2.45) is 17.8 Å². The normalized spacial score (nSPS) is 26.2. The SMILES string of the molecule is CNC(=O)c1ccc(=O)n(CC(=O)N[C@H](C)[C@@H]2C[C@H]3CC[C@H]2C3)c1. The van der Waals surface area contributed by atoms with Gasteiger partial charge in [0, 0.05) is 25.4 Å². The molecular weight excluding hydrogens is 306 g/mol. The number of amides is 2. The first kappa shape index (κ1) is 16.7. The van der Waals surface area contributed by atoms with Gasteiger partial charge in [-0.15, -0.1) is 0 Å². The molecule has 0 radical (unpaired) electrons. The predicted molar refractivity (Wildman–Crippen MR) is 90.6 cm³/mol. The summed E-state index contributed by atoms with van der Waals surface area (Å²) in [6.45, 7) is 2.00. The van der Waals surface area contributed by atoms with Crippen LogP contribution in [0.4, 0.5) is 0 Å².